The quantitative estimate of drug-likeness (QED) is 0.790. The van der Waals surface area contributed by atoms with Gasteiger partial charge in [-0.25, -0.2) is 4.68 Å². The molecule has 7 heteroatoms. The van der Waals surface area contributed by atoms with E-state index in [1.807, 2.05) is 25.2 Å². The van der Waals surface area contributed by atoms with Crippen LogP contribution in [0.1, 0.15) is 30.6 Å². The first kappa shape index (κ1) is 15.9. The van der Waals surface area contributed by atoms with Gasteiger partial charge in [0.05, 0.1) is 11.7 Å². The minimum absolute atomic E-state index is 0.0302. The molecule has 0 saturated carbocycles. The fraction of sp³-hybridized carbons (Fsp3) is 0.385. The largest absolute Gasteiger partial charge is 0.305 e. The van der Waals surface area contributed by atoms with Crippen LogP contribution in [0.25, 0.3) is 0 Å². The minimum Gasteiger partial charge on any atom is -0.305 e. The molecule has 1 atom stereocenters. The van der Waals surface area contributed by atoms with E-state index in [0.717, 1.165) is 33.3 Å². The van der Waals surface area contributed by atoms with Crippen molar-refractivity contribution >= 4 is 43.5 Å². The third kappa shape index (κ3) is 3.42. The lowest BCUT2D eigenvalue weighted by atomic mass is 10.0. The SMILES string of the molecule is CCCNC(c1cc(Cl)ccc1Br)c1c(Br)nnn1C. The fourth-order valence-electron chi connectivity index (χ4n) is 2.02. The van der Waals surface area contributed by atoms with Crippen molar-refractivity contribution in [3.63, 3.8) is 0 Å². The highest BCUT2D eigenvalue weighted by atomic mass is 79.9. The molecule has 0 amide bonds. The smallest absolute Gasteiger partial charge is 0.153 e. The summed E-state index contributed by atoms with van der Waals surface area (Å²) >= 11 is 13.2. The molecule has 2 rings (SSSR count). The van der Waals surface area contributed by atoms with Gasteiger partial charge >= 0.3 is 0 Å². The second kappa shape index (κ2) is 7.02. The van der Waals surface area contributed by atoms with Gasteiger partial charge in [0, 0.05) is 16.5 Å². The van der Waals surface area contributed by atoms with Crippen molar-refractivity contribution in [1.82, 2.24) is 20.3 Å². The average Bonchev–Trinajstić information content (AvgIpc) is 2.74. The highest BCUT2D eigenvalue weighted by Gasteiger charge is 2.23. The van der Waals surface area contributed by atoms with Crippen molar-refractivity contribution in [2.75, 3.05) is 6.54 Å². The molecule has 0 spiro atoms. The minimum atomic E-state index is -0.0302. The first-order valence-electron chi connectivity index (χ1n) is 6.28. The van der Waals surface area contributed by atoms with E-state index in [2.05, 4.69) is 54.4 Å². The predicted molar refractivity (Wildman–Crippen MR) is 88.0 cm³/mol. The molecule has 1 N–H and O–H groups in total. The van der Waals surface area contributed by atoms with Crippen LogP contribution in [0.4, 0.5) is 0 Å². The van der Waals surface area contributed by atoms with Gasteiger partial charge in [-0.15, -0.1) is 5.10 Å². The summed E-state index contributed by atoms with van der Waals surface area (Å²) in [6.45, 7) is 3.02. The first-order chi connectivity index (χ1) is 9.54. The van der Waals surface area contributed by atoms with Crippen molar-refractivity contribution < 1.29 is 0 Å². The summed E-state index contributed by atoms with van der Waals surface area (Å²) in [4.78, 5) is 0. The van der Waals surface area contributed by atoms with Gasteiger partial charge in [0.25, 0.3) is 0 Å². The van der Waals surface area contributed by atoms with Crippen LogP contribution < -0.4 is 5.32 Å². The maximum atomic E-state index is 6.14. The second-order valence-corrected chi connectivity index (χ2v) is 6.48. The first-order valence-corrected chi connectivity index (χ1v) is 8.24. The summed E-state index contributed by atoms with van der Waals surface area (Å²) in [5.41, 5.74) is 2.04. The Hall–Kier alpha value is -0.430. The third-order valence-electron chi connectivity index (χ3n) is 2.97. The van der Waals surface area contributed by atoms with Gasteiger partial charge in [-0.05, 0) is 52.7 Å². The number of nitrogens with zero attached hydrogens (tertiary/aromatic N) is 3. The lowest BCUT2D eigenvalue weighted by molar-refractivity contribution is 0.548. The Kier molecular flexibility index (Phi) is 5.60. The molecule has 1 unspecified atom stereocenters. The molecule has 0 saturated heterocycles. The number of halogens is 3. The number of hydrogen-bond acceptors (Lipinski definition) is 3. The van der Waals surface area contributed by atoms with E-state index in [9.17, 15) is 0 Å². The monoisotopic (exact) mass is 420 g/mol. The van der Waals surface area contributed by atoms with E-state index in [-0.39, 0.29) is 6.04 Å². The maximum Gasteiger partial charge on any atom is 0.153 e. The molecule has 0 bridgehead atoms. The fourth-order valence-corrected chi connectivity index (χ4v) is 3.24. The summed E-state index contributed by atoms with van der Waals surface area (Å²) in [6.07, 6.45) is 1.04. The molecule has 1 heterocycles. The summed E-state index contributed by atoms with van der Waals surface area (Å²) in [6, 6.07) is 5.74. The summed E-state index contributed by atoms with van der Waals surface area (Å²) < 4.78 is 3.51. The van der Waals surface area contributed by atoms with Crippen LogP contribution in [0.5, 0.6) is 0 Å². The van der Waals surface area contributed by atoms with Crippen LogP contribution in [0.2, 0.25) is 5.02 Å². The number of benzene rings is 1. The van der Waals surface area contributed by atoms with Gasteiger partial charge in [0.15, 0.2) is 4.60 Å². The lowest BCUT2D eigenvalue weighted by Crippen LogP contribution is -2.26. The van der Waals surface area contributed by atoms with E-state index in [1.165, 1.54) is 0 Å². The van der Waals surface area contributed by atoms with Crippen molar-refractivity contribution in [2.45, 2.75) is 19.4 Å². The van der Waals surface area contributed by atoms with Gasteiger partial charge in [0.1, 0.15) is 0 Å². The van der Waals surface area contributed by atoms with Gasteiger partial charge in [-0.2, -0.15) is 0 Å². The van der Waals surface area contributed by atoms with Gasteiger partial charge in [0.2, 0.25) is 0 Å². The molecule has 4 nitrogen and oxygen atoms in total. The van der Waals surface area contributed by atoms with Gasteiger partial charge in [-0.1, -0.05) is 39.7 Å². The Bertz CT molecular complexity index is 581. The molecular weight excluding hydrogens is 407 g/mol. The molecule has 2 aromatic rings. The van der Waals surface area contributed by atoms with Crippen molar-refractivity contribution in [3.05, 3.63) is 43.6 Å². The molecule has 20 heavy (non-hydrogen) atoms. The topological polar surface area (TPSA) is 42.7 Å². The molecule has 0 aliphatic rings. The molecule has 0 fully saturated rings. The van der Waals surface area contributed by atoms with Crippen LogP contribution in [0.15, 0.2) is 27.3 Å². The van der Waals surface area contributed by atoms with Crippen LogP contribution in [0, 0.1) is 0 Å². The highest BCUT2D eigenvalue weighted by Crippen LogP contribution is 2.33. The van der Waals surface area contributed by atoms with Crippen LogP contribution in [-0.4, -0.2) is 21.5 Å². The van der Waals surface area contributed by atoms with Crippen molar-refractivity contribution in [3.8, 4) is 0 Å². The second-order valence-electron chi connectivity index (χ2n) is 4.44. The molecule has 1 aromatic carbocycles. The normalized spacial score (nSPS) is 12.7. The third-order valence-corrected chi connectivity index (χ3v) is 4.49. The Morgan fingerprint density at radius 2 is 2.15 bits per heavy atom. The molecule has 0 aliphatic heterocycles. The Balaban J connectivity index is 2.50. The van der Waals surface area contributed by atoms with Gasteiger partial charge < -0.3 is 5.32 Å². The van der Waals surface area contributed by atoms with E-state index in [4.69, 9.17) is 11.6 Å². The zero-order valence-electron chi connectivity index (χ0n) is 11.2. The van der Waals surface area contributed by atoms with Gasteiger partial charge in [-0.3, -0.25) is 0 Å². The van der Waals surface area contributed by atoms with Crippen LogP contribution >= 0.6 is 43.5 Å². The Morgan fingerprint density at radius 3 is 2.75 bits per heavy atom. The summed E-state index contributed by atoms with van der Waals surface area (Å²) in [7, 11) is 1.88. The number of rotatable bonds is 5. The average molecular weight is 423 g/mol. The lowest BCUT2D eigenvalue weighted by Gasteiger charge is -2.21. The number of hydrogen-bond donors (Lipinski definition) is 1. The van der Waals surface area contributed by atoms with E-state index >= 15 is 0 Å². The predicted octanol–water partition coefficient (Wildman–Crippen LogP) is 4.08. The number of nitrogens with one attached hydrogen (secondary N) is 1. The molecular formula is C13H15Br2ClN4. The molecule has 108 valence electrons. The molecule has 0 radical (unpaired) electrons. The van der Waals surface area contributed by atoms with E-state index in [1.54, 1.807) is 4.68 Å². The van der Waals surface area contributed by atoms with Crippen LogP contribution in [0.3, 0.4) is 0 Å². The van der Waals surface area contributed by atoms with Crippen molar-refractivity contribution in [1.29, 1.82) is 0 Å². The van der Waals surface area contributed by atoms with E-state index in [0.29, 0.717) is 5.02 Å². The molecule has 0 aliphatic carbocycles. The van der Waals surface area contributed by atoms with E-state index < -0.39 is 0 Å². The Labute approximate surface area is 140 Å². The molecule has 1 aromatic heterocycles. The number of aromatic nitrogens is 3. The van der Waals surface area contributed by atoms with Crippen molar-refractivity contribution in [2.24, 2.45) is 7.05 Å². The maximum absolute atomic E-state index is 6.14. The Morgan fingerprint density at radius 1 is 1.40 bits per heavy atom. The zero-order valence-corrected chi connectivity index (χ0v) is 15.1. The zero-order chi connectivity index (χ0) is 14.7. The summed E-state index contributed by atoms with van der Waals surface area (Å²) in [5, 5.41) is 12.3. The van der Waals surface area contributed by atoms with Crippen LogP contribution in [-0.2, 0) is 7.05 Å². The highest BCUT2D eigenvalue weighted by molar-refractivity contribution is 9.10. The standard InChI is InChI=1S/C13H15Br2ClN4/c1-3-6-17-11(12-13(15)18-19-20(12)2)9-7-8(16)4-5-10(9)14/h4-5,7,11,17H,3,6H2,1-2H3. The summed E-state index contributed by atoms with van der Waals surface area (Å²) in [5.74, 6) is 0. The number of aryl methyl sites for hydroxylation is 1.